The van der Waals surface area contributed by atoms with Gasteiger partial charge < -0.3 is 11.1 Å². The predicted molar refractivity (Wildman–Crippen MR) is 73.5 cm³/mol. The summed E-state index contributed by atoms with van der Waals surface area (Å²) in [6.45, 7) is 2.71. The number of nitrogens with two attached hydrogens (primary N) is 1. The molecule has 1 aromatic rings. The number of carbonyl (C=O) groups is 1. The van der Waals surface area contributed by atoms with Gasteiger partial charge in [0, 0.05) is 9.92 Å². The van der Waals surface area contributed by atoms with E-state index in [1.54, 1.807) is 11.8 Å². The van der Waals surface area contributed by atoms with Gasteiger partial charge in [-0.25, -0.2) is 0 Å². The highest BCUT2D eigenvalue weighted by molar-refractivity contribution is 7.99. The number of amides is 1. The van der Waals surface area contributed by atoms with Crippen LogP contribution in [0.25, 0.3) is 0 Å². The van der Waals surface area contributed by atoms with E-state index >= 15 is 0 Å². The first-order valence-electron chi connectivity index (χ1n) is 5.54. The van der Waals surface area contributed by atoms with Gasteiger partial charge in [-0.2, -0.15) is 0 Å². The normalized spacial score (nSPS) is 12.4. The molecule has 0 fully saturated rings. The highest BCUT2D eigenvalue weighted by Gasteiger charge is 2.12. The fraction of sp³-hybridized carbons (Fsp3) is 0.417. The number of primary amides is 1. The van der Waals surface area contributed by atoms with E-state index < -0.39 is 0 Å². The molecule has 3 N–H and O–H groups in total. The van der Waals surface area contributed by atoms with Gasteiger partial charge in [0.05, 0.1) is 6.04 Å². The monoisotopic (exact) mass is 272 g/mol. The third-order valence-electron chi connectivity index (χ3n) is 2.28. The molecule has 0 saturated carbocycles. The Morgan fingerprint density at radius 1 is 1.47 bits per heavy atom. The van der Waals surface area contributed by atoms with E-state index in [0.29, 0.717) is 0 Å². The Morgan fingerprint density at radius 3 is 2.65 bits per heavy atom. The fourth-order valence-electron chi connectivity index (χ4n) is 1.42. The summed E-state index contributed by atoms with van der Waals surface area (Å²) in [5.41, 5.74) is 5.29. The Morgan fingerprint density at radius 2 is 2.12 bits per heavy atom. The largest absolute Gasteiger partial charge is 0.368 e. The lowest BCUT2D eigenvalue weighted by Gasteiger charge is -2.13. The van der Waals surface area contributed by atoms with Gasteiger partial charge in [0.25, 0.3) is 0 Å². The number of halogens is 1. The number of likely N-dealkylation sites (N-methyl/N-ethyl adjacent to an activating group) is 1. The van der Waals surface area contributed by atoms with Crippen LogP contribution in [0.2, 0.25) is 5.02 Å². The summed E-state index contributed by atoms with van der Waals surface area (Å²) in [5.74, 6) is 0.561. The van der Waals surface area contributed by atoms with Gasteiger partial charge >= 0.3 is 0 Å². The molecule has 1 atom stereocenters. The molecule has 94 valence electrons. The lowest BCUT2D eigenvalue weighted by molar-refractivity contribution is -0.120. The molecule has 0 aliphatic carbocycles. The molecule has 0 spiro atoms. The van der Waals surface area contributed by atoms with E-state index in [1.807, 2.05) is 31.2 Å². The number of hydrogen-bond donors (Lipinski definition) is 2. The molecule has 1 rings (SSSR count). The summed E-state index contributed by atoms with van der Waals surface area (Å²) in [5, 5.41) is 3.80. The van der Waals surface area contributed by atoms with Crippen LogP contribution in [0.15, 0.2) is 29.2 Å². The lowest BCUT2D eigenvalue weighted by atomic mass is 10.2. The molecule has 0 aliphatic heterocycles. The third kappa shape index (κ3) is 5.44. The number of hydrogen-bond acceptors (Lipinski definition) is 3. The second kappa shape index (κ2) is 7.58. The van der Waals surface area contributed by atoms with Crippen LogP contribution in [-0.4, -0.2) is 24.2 Å². The Kier molecular flexibility index (Phi) is 6.40. The first-order valence-corrected chi connectivity index (χ1v) is 6.91. The molecule has 1 amide bonds. The maximum Gasteiger partial charge on any atom is 0.234 e. The smallest absolute Gasteiger partial charge is 0.234 e. The van der Waals surface area contributed by atoms with E-state index in [1.165, 1.54) is 0 Å². The minimum Gasteiger partial charge on any atom is -0.368 e. The highest BCUT2D eigenvalue weighted by Crippen LogP contribution is 2.21. The Balaban J connectivity index is 2.35. The highest BCUT2D eigenvalue weighted by atomic mass is 35.5. The van der Waals surface area contributed by atoms with E-state index in [9.17, 15) is 4.79 Å². The van der Waals surface area contributed by atoms with Gasteiger partial charge in [0.15, 0.2) is 0 Å². The van der Waals surface area contributed by atoms with Crippen molar-refractivity contribution in [2.75, 3.05) is 12.3 Å². The molecule has 3 nitrogen and oxygen atoms in total. The van der Waals surface area contributed by atoms with Crippen LogP contribution in [0.1, 0.15) is 13.3 Å². The molecule has 0 aliphatic rings. The van der Waals surface area contributed by atoms with Crippen molar-refractivity contribution >= 4 is 29.3 Å². The van der Waals surface area contributed by atoms with Crippen molar-refractivity contribution in [3.8, 4) is 0 Å². The Bertz CT molecular complexity index is 356. The summed E-state index contributed by atoms with van der Waals surface area (Å²) >= 11 is 7.49. The van der Waals surface area contributed by atoms with Crippen molar-refractivity contribution in [3.63, 3.8) is 0 Å². The quantitative estimate of drug-likeness (QED) is 0.749. The summed E-state index contributed by atoms with van der Waals surface area (Å²) in [4.78, 5) is 12.3. The topological polar surface area (TPSA) is 55.1 Å². The van der Waals surface area contributed by atoms with Crippen molar-refractivity contribution in [1.82, 2.24) is 5.32 Å². The molecule has 0 bridgehead atoms. The van der Waals surface area contributed by atoms with E-state index in [2.05, 4.69) is 5.32 Å². The summed E-state index contributed by atoms with van der Waals surface area (Å²) < 4.78 is 0. The number of nitrogens with one attached hydrogen (secondary N) is 1. The lowest BCUT2D eigenvalue weighted by Crippen LogP contribution is -2.41. The standard InChI is InChI=1S/C12H17ClN2OS/c1-2-15-11(12(14)16)7-8-17-10-5-3-9(13)4-6-10/h3-6,11,15H,2,7-8H2,1H3,(H2,14,16). The average Bonchev–Trinajstić information content (AvgIpc) is 2.30. The summed E-state index contributed by atoms with van der Waals surface area (Å²) in [6, 6.07) is 7.43. The van der Waals surface area contributed by atoms with E-state index in [0.717, 1.165) is 28.6 Å². The molecular formula is C12H17ClN2OS. The van der Waals surface area contributed by atoms with Crippen LogP contribution in [-0.2, 0) is 4.79 Å². The second-order valence-electron chi connectivity index (χ2n) is 3.60. The van der Waals surface area contributed by atoms with E-state index in [4.69, 9.17) is 17.3 Å². The van der Waals surface area contributed by atoms with Crippen molar-refractivity contribution in [1.29, 1.82) is 0 Å². The van der Waals surface area contributed by atoms with Crippen LogP contribution >= 0.6 is 23.4 Å². The maximum atomic E-state index is 11.1. The number of benzene rings is 1. The van der Waals surface area contributed by atoms with Crippen LogP contribution < -0.4 is 11.1 Å². The molecule has 5 heteroatoms. The maximum absolute atomic E-state index is 11.1. The van der Waals surface area contributed by atoms with Gasteiger partial charge in [0.2, 0.25) is 5.91 Å². The van der Waals surface area contributed by atoms with Gasteiger partial charge in [-0.3, -0.25) is 4.79 Å². The molecule has 17 heavy (non-hydrogen) atoms. The summed E-state index contributed by atoms with van der Waals surface area (Å²) in [7, 11) is 0. The second-order valence-corrected chi connectivity index (χ2v) is 5.21. The number of carbonyl (C=O) groups excluding carboxylic acids is 1. The minimum atomic E-state index is -0.288. The van der Waals surface area contributed by atoms with Gasteiger partial charge in [0.1, 0.15) is 0 Å². The van der Waals surface area contributed by atoms with Gasteiger partial charge in [-0.05, 0) is 43.0 Å². The zero-order valence-corrected chi connectivity index (χ0v) is 11.4. The molecule has 0 radical (unpaired) electrons. The summed E-state index contributed by atoms with van der Waals surface area (Å²) in [6.07, 6.45) is 0.733. The molecule has 0 saturated heterocycles. The van der Waals surface area contributed by atoms with Crippen LogP contribution in [0.4, 0.5) is 0 Å². The van der Waals surface area contributed by atoms with Crippen molar-refractivity contribution in [3.05, 3.63) is 29.3 Å². The molecular weight excluding hydrogens is 256 g/mol. The third-order valence-corrected chi connectivity index (χ3v) is 3.58. The zero-order chi connectivity index (χ0) is 12.7. The first-order chi connectivity index (χ1) is 8.13. The molecule has 1 aromatic carbocycles. The Hall–Kier alpha value is -0.710. The minimum absolute atomic E-state index is 0.236. The van der Waals surface area contributed by atoms with Crippen LogP contribution in [0.3, 0.4) is 0 Å². The predicted octanol–water partition coefficient (Wildman–Crippen LogP) is 2.29. The first kappa shape index (κ1) is 14.4. The van der Waals surface area contributed by atoms with Crippen LogP contribution in [0, 0.1) is 0 Å². The molecule has 0 aromatic heterocycles. The Labute approximate surface area is 111 Å². The number of rotatable bonds is 7. The van der Waals surface area contributed by atoms with Gasteiger partial charge in [-0.15, -0.1) is 11.8 Å². The zero-order valence-electron chi connectivity index (χ0n) is 9.78. The van der Waals surface area contributed by atoms with Crippen LogP contribution in [0.5, 0.6) is 0 Å². The van der Waals surface area contributed by atoms with Crippen molar-refractivity contribution in [2.45, 2.75) is 24.3 Å². The fourth-order valence-corrected chi connectivity index (χ4v) is 2.46. The molecule has 1 unspecified atom stereocenters. The van der Waals surface area contributed by atoms with Crippen molar-refractivity contribution in [2.24, 2.45) is 5.73 Å². The SMILES string of the molecule is CCNC(CCSc1ccc(Cl)cc1)C(N)=O. The molecule has 0 heterocycles. The average molecular weight is 273 g/mol. The van der Waals surface area contributed by atoms with Gasteiger partial charge in [-0.1, -0.05) is 18.5 Å². The van der Waals surface area contributed by atoms with E-state index in [-0.39, 0.29) is 11.9 Å². The van der Waals surface area contributed by atoms with Crippen molar-refractivity contribution < 1.29 is 4.79 Å². The number of thioether (sulfide) groups is 1.